The van der Waals surface area contributed by atoms with Gasteiger partial charge < -0.3 is 14.9 Å². The van der Waals surface area contributed by atoms with Gasteiger partial charge in [-0.25, -0.2) is 0 Å². The van der Waals surface area contributed by atoms with Gasteiger partial charge in [-0.05, 0) is 43.5 Å². The summed E-state index contributed by atoms with van der Waals surface area (Å²) in [5.41, 5.74) is 1.75. The van der Waals surface area contributed by atoms with Crippen LogP contribution >= 0.6 is 0 Å². The van der Waals surface area contributed by atoms with E-state index >= 15 is 0 Å². The lowest BCUT2D eigenvalue weighted by molar-refractivity contribution is -0.146. The van der Waals surface area contributed by atoms with Crippen LogP contribution in [0.4, 0.5) is 0 Å². The Bertz CT molecular complexity index is 472. The zero-order valence-corrected chi connectivity index (χ0v) is 10.4. The molecule has 0 radical (unpaired) electrons. The molecule has 18 heavy (non-hydrogen) atoms. The summed E-state index contributed by atoms with van der Waals surface area (Å²) >= 11 is 0. The quantitative estimate of drug-likeness (QED) is 0.544. The molecule has 0 fully saturated rings. The van der Waals surface area contributed by atoms with Gasteiger partial charge in [-0.2, -0.15) is 0 Å². The third-order valence-electron chi connectivity index (χ3n) is 3.15. The molecule has 1 aliphatic rings. The van der Waals surface area contributed by atoms with Gasteiger partial charge in [0.2, 0.25) is 0 Å². The Morgan fingerprint density at radius 3 is 2.78 bits per heavy atom. The van der Waals surface area contributed by atoms with E-state index in [1.165, 1.54) is 12.1 Å². The Hall–Kier alpha value is -1.75. The average molecular weight is 251 g/mol. The highest BCUT2D eigenvalue weighted by atomic mass is 16.5. The fourth-order valence-electron chi connectivity index (χ4n) is 2.28. The van der Waals surface area contributed by atoms with Crippen molar-refractivity contribution in [2.75, 3.05) is 6.61 Å². The highest BCUT2D eigenvalue weighted by Gasteiger charge is 2.30. The molecule has 0 spiro atoms. The standard InChI is InChI=1S/C13H17NO4/c1-3-18-13(17)10-4-8-5-11(15)12(16)6-9(8)7(2)14-10/h5-7,10,14-16H,3-4H2,1-2H3/t7-,10-/m0/s1. The first-order chi connectivity index (χ1) is 8.52. The van der Waals surface area contributed by atoms with Crippen LogP contribution in [-0.2, 0) is 16.0 Å². The molecule has 0 aliphatic carbocycles. The van der Waals surface area contributed by atoms with E-state index in [4.69, 9.17) is 4.74 Å². The number of hydrogen-bond donors (Lipinski definition) is 3. The van der Waals surface area contributed by atoms with E-state index in [0.29, 0.717) is 13.0 Å². The van der Waals surface area contributed by atoms with Crippen molar-refractivity contribution in [1.82, 2.24) is 5.32 Å². The molecule has 5 heteroatoms. The lowest BCUT2D eigenvalue weighted by Crippen LogP contribution is -2.44. The Kier molecular flexibility index (Phi) is 3.43. The topological polar surface area (TPSA) is 78.8 Å². The molecule has 2 rings (SSSR count). The van der Waals surface area contributed by atoms with Crippen molar-refractivity contribution >= 4 is 5.97 Å². The summed E-state index contributed by atoms with van der Waals surface area (Å²) in [6.07, 6.45) is 0.451. The van der Waals surface area contributed by atoms with Crippen molar-refractivity contribution in [3.05, 3.63) is 23.3 Å². The van der Waals surface area contributed by atoms with E-state index in [1.54, 1.807) is 6.92 Å². The second-order valence-corrected chi connectivity index (χ2v) is 4.44. The lowest BCUT2D eigenvalue weighted by Gasteiger charge is -2.30. The average Bonchev–Trinajstić information content (AvgIpc) is 2.32. The van der Waals surface area contributed by atoms with Gasteiger partial charge in [0.25, 0.3) is 0 Å². The number of phenols is 2. The Morgan fingerprint density at radius 1 is 1.44 bits per heavy atom. The van der Waals surface area contributed by atoms with Gasteiger partial charge in [0.1, 0.15) is 6.04 Å². The van der Waals surface area contributed by atoms with Crippen molar-refractivity contribution in [3.63, 3.8) is 0 Å². The Balaban J connectivity index is 2.28. The van der Waals surface area contributed by atoms with Gasteiger partial charge in [-0.15, -0.1) is 0 Å². The predicted octanol–water partition coefficient (Wildman–Crippen LogP) is 1.24. The highest BCUT2D eigenvalue weighted by molar-refractivity contribution is 5.77. The normalized spacial score (nSPS) is 22.3. The van der Waals surface area contributed by atoms with Crippen molar-refractivity contribution < 1.29 is 19.7 Å². The summed E-state index contributed by atoms with van der Waals surface area (Å²) in [6, 6.07) is 2.56. The number of aromatic hydroxyl groups is 2. The van der Waals surface area contributed by atoms with Crippen molar-refractivity contribution in [3.8, 4) is 11.5 Å². The maximum absolute atomic E-state index is 11.7. The molecule has 1 heterocycles. The zero-order valence-electron chi connectivity index (χ0n) is 10.4. The van der Waals surface area contributed by atoms with Crippen LogP contribution in [-0.4, -0.2) is 28.8 Å². The molecule has 98 valence electrons. The number of phenolic OH excluding ortho intramolecular Hbond substituents is 2. The largest absolute Gasteiger partial charge is 0.504 e. The zero-order chi connectivity index (χ0) is 13.3. The van der Waals surface area contributed by atoms with Crippen LogP contribution in [0.3, 0.4) is 0 Å². The maximum Gasteiger partial charge on any atom is 0.323 e. The third kappa shape index (κ3) is 2.26. The molecule has 0 amide bonds. The molecule has 1 aromatic rings. The molecule has 0 unspecified atom stereocenters. The first-order valence-electron chi connectivity index (χ1n) is 6.00. The molecule has 1 aliphatic heterocycles. The van der Waals surface area contributed by atoms with E-state index in [9.17, 15) is 15.0 Å². The van der Waals surface area contributed by atoms with Crippen LogP contribution in [0.15, 0.2) is 12.1 Å². The smallest absolute Gasteiger partial charge is 0.323 e. The van der Waals surface area contributed by atoms with E-state index in [1.807, 2.05) is 6.92 Å². The number of ether oxygens (including phenoxy) is 1. The van der Waals surface area contributed by atoms with Gasteiger partial charge in [0.05, 0.1) is 6.61 Å². The molecule has 2 atom stereocenters. The second-order valence-electron chi connectivity index (χ2n) is 4.44. The molecule has 1 aromatic carbocycles. The van der Waals surface area contributed by atoms with Gasteiger partial charge in [-0.3, -0.25) is 10.1 Å². The molecule has 0 saturated heterocycles. The first kappa shape index (κ1) is 12.7. The molecule has 0 bridgehead atoms. The summed E-state index contributed by atoms with van der Waals surface area (Å²) in [5.74, 6) is -0.593. The number of esters is 1. The second kappa shape index (κ2) is 4.86. The summed E-state index contributed by atoms with van der Waals surface area (Å²) in [4.78, 5) is 11.7. The lowest BCUT2D eigenvalue weighted by atomic mass is 9.90. The maximum atomic E-state index is 11.7. The summed E-state index contributed by atoms with van der Waals surface area (Å²) in [7, 11) is 0. The number of carbonyl (C=O) groups excluding carboxylic acids is 1. The van der Waals surface area contributed by atoms with E-state index in [-0.39, 0.29) is 23.5 Å². The number of fused-ring (bicyclic) bond motifs is 1. The number of rotatable bonds is 2. The van der Waals surface area contributed by atoms with Crippen LogP contribution < -0.4 is 5.32 Å². The van der Waals surface area contributed by atoms with Crippen LogP contribution in [0.1, 0.15) is 31.0 Å². The summed E-state index contributed by atoms with van der Waals surface area (Å²) in [5, 5.41) is 22.1. The van der Waals surface area contributed by atoms with Gasteiger partial charge >= 0.3 is 5.97 Å². The molecule has 3 N–H and O–H groups in total. The first-order valence-corrected chi connectivity index (χ1v) is 6.00. The SMILES string of the molecule is CCOC(=O)[C@@H]1Cc2cc(O)c(O)cc2[C@H](C)N1. The summed E-state index contributed by atoms with van der Waals surface area (Å²) in [6.45, 7) is 4.02. The molecule has 0 aromatic heterocycles. The monoisotopic (exact) mass is 251 g/mol. The van der Waals surface area contributed by atoms with E-state index in [0.717, 1.165) is 11.1 Å². The highest BCUT2D eigenvalue weighted by Crippen LogP contribution is 2.34. The van der Waals surface area contributed by atoms with Crippen molar-refractivity contribution in [1.29, 1.82) is 0 Å². The van der Waals surface area contributed by atoms with E-state index < -0.39 is 6.04 Å². The van der Waals surface area contributed by atoms with Crippen LogP contribution in [0.25, 0.3) is 0 Å². The molecular formula is C13H17NO4. The number of benzene rings is 1. The number of hydrogen-bond acceptors (Lipinski definition) is 5. The summed E-state index contributed by atoms with van der Waals surface area (Å²) < 4.78 is 4.99. The molecular weight excluding hydrogens is 234 g/mol. The van der Waals surface area contributed by atoms with E-state index in [2.05, 4.69) is 5.32 Å². The molecule has 0 saturated carbocycles. The van der Waals surface area contributed by atoms with Crippen molar-refractivity contribution in [2.45, 2.75) is 32.4 Å². The number of nitrogens with one attached hydrogen (secondary N) is 1. The minimum absolute atomic E-state index is 0.0744. The Morgan fingerprint density at radius 2 is 2.11 bits per heavy atom. The van der Waals surface area contributed by atoms with Crippen LogP contribution in [0.5, 0.6) is 11.5 Å². The van der Waals surface area contributed by atoms with Crippen LogP contribution in [0.2, 0.25) is 0 Å². The van der Waals surface area contributed by atoms with Crippen molar-refractivity contribution in [2.24, 2.45) is 0 Å². The number of carbonyl (C=O) groups is 1. The van der Waals surface area contributed by atoms with Crippen LogP contribution in [0, 0.1) is 0 Å². The fraction of sp³-hybridized carbons (Fsp3) is 0.462. The third-order valence-corrected chi connectivity index (χ3v) is 3.15. The molecule has 5 nitrogen and oxygen atoms in total. The fourth-order valence-corrected chi connectivity index (χ4v) is 2.28. The van der Waals surface area contributed by atoms with Gasteiger partial charge in [0, 0.05) is 6.04 Å². The van der Waals surface area contributed by atoms with Gasteiger partial charge in [-0.1, -0.05) is 0 Å². The predicted molar refractivity (Wildman–Crippen MR) is 65.4 cm³/mol. The minimum Gasteiger partial charge on any atom is -0.504 e. The minimum atomic E-state index is -0.406. The Labute approximate surface area is 105 Å². The van der Waals surface area contributed by atoms with Gasteiger partial charge in [0.15, 0.2) is 11.5 Å².